The second-order valence-corrected chi connectivity index (χ2v) is 5.16. The summed E-state index contributed by atoms with van der Waals surface area (Å²) in [5.41, 5.74) is 0.860. The first-order chi connectivity index (χ1) is 8.99. The van der Waals surface area contributed by atoms with Crippen LogP contribution in [0, 0.1) is 5.82 Å². The minimum Gasteiger partial charge on any atom is -0.380 e. The summed E-state index contributed by atoms with van der Waals surface area (Å²) < 4.78 is 14.5. The Morgan fingerprint density at radius 2 is 1.95 bits per heavy atom. The van der Waals surface area contributed by atoms with Gasteiger partial charge in [0.2, 0.25) is 0 Å². The third kappa shape index (κ3) is 3.01. The van der Waals surface area contributed by atoms with Gasteiger partial charge in [0.05, 0.1) is 17.6 Å². The van der Waals surface area contributed by atoms with Crippen molar-refractivity contribution in [1.29, 1.82) is 0 Å². The SMILES string of the molecule is CC(C)Nc1cnn(-c2ccc(F)cc2)c(=O)c1Br. The minimum atomic E-state index is -0.353. The van der Waals surface area contributed by atoms with Gasteiger partial charge in [-0.1, -0.05) is 0 Å². The van der Waals surface area contributed by atoms with E-state index in [1.54, 1.807) is 6.20 Å². The summed E-state index contributed by atoms with van der Waals surface area (Å²) >= 11 is 3.26. The Balaban J connectivity index is 2.47. The van der Waals surface area contributed by atoms with Gasteiger partial charge in [-0.3, -0.25) is 4.79 Å². The normalized spacial score (nSPS) is 10.8. The maximum atomic E-state index is 12.9. The highest BCUT2D eigenvalue weighted by molar-refractivity contribution is 9.10. The first-order valence-electron chi connectivity index (χ1n) is 5.79. The lowest BCUT2D eigenvalue weighted by molar-refractivity contribution is 0.626. The zero-order chi connectivity index (χ0) is 14.0. The standard InChI is InChI=1S/C13H13BrFN3O/c1-8(2)17-11-7-16-18(13(19)12(11)14)10-5-3-9(15)4-6-10/h3-8,17H,1-2H3. The molecule has 2 rings (SSSR count). The van der Waals surface area contributed by atoms with Gasteiger partial charge in [0.15, 0.2) is 0 Å². The van der Waals surface area contributed by atoms with E-state index in [-0.39, 0.29) is 17.4 Å². The molecule has 0 fully saturated rings. The molecule has 6 heteroatoms. The molecule has 0 unspecified atom stereocenters. The van der Waals surface area contributed by atoms with E-state index in [2.05, 4.69) is 26.3 Å². The van der Waals surface area contributed by atoms with Crippen molar-refractivity contribution in [2.24, 2.45) is 0 Å². The van der Waals surface area contributed by atoms with Gasteiger partial charge in [0.1, 0.15) is 10.3 Å². The molecule has 0 radical (unpaired) electrons. The van der Waals surface area contributed by atoms with Gasteiger partial charge in [-0.2, -0.15) is 9.78 Å². The Morgan fingerprint density at radius 3 is 2.53 bits per heavy atom. The summed E-state index contributed by atoms with van der Waals surface area (Å²) in [7, 11) is 0. The van der Waals surface area contributed by atoms with Crippen molar-refractivity contribution in [2.75, 3.05) is 5.32 Å². The van der Waals surface area contributed by atoms with Crippen molar-refractivity contribution in [2.45, 2.75) is 19.9 Å². The maximum absolute atomic E-state index is 12.9. The molecule has 0 amide bonds. The number of aromatic nitrogens is 2. The number of anilines is 1. The summed E-state index contributed by atoms with van der Waals surface area (Å²) in [5, 5.41) is 7.20. The van der Waals surface area contributed by atoms with Crippen LogP contribution >= 0.6 is 15.9 Å². The Hall–Kier alpha value is -1.69. The Morgan fingerprint density at radius 1 is 1.32 bits per heavy atom. The molecule has 4 nitrogen and oxygen atoms in total. The Bertz CT molecular complexity index is 637. The molecule has 0 aliphatic carbocycles. The predicted molar refractivity (Wildman–Crippen MR) is 76.3 cm³/mol. The van der Waals surface area contributed by atoms with Crippen molar-refractivity contribution >= 4 is 21.6 Å². The van der Waals surface area contributed by atoms with Gasteiger partial charge in [0.25, 0.3) is 5.56 Å². The minimum absolute atomic E-state index is 0.194. The third-order valence-electron chi connectivity index (χ3n) is 2.43. The molecule has 0 bridgehead atoms. The maximum Gasteiger partial charge on any atom is 0.287 e. The van der Waals surface area contributed by atoms with Crippen molar-refractivity contribution in [1.82, 2.24) is 9.78 Å². The fourth-order valence-corrected chi connectivity index (χ4v) is 2.00. The topological polar surface area (TPSA) is 46.9 Å². The number of nitrogens with one attached hydrogen (secondary N) is 1. The number of benzene rings is 1. The molecular weight excluding hydrogens is 313 g/mol. The van der Waals surface area contributed by atoms with Gasteiger partial charge in [-0.25, -0.2) is 4.39 Å². The van der Waals surface area contributed by atoms with Gasteiger partial charge in [-0.05, 0) is 54.0 Å². The van der Waals surface area contributed by atoms with E-state index in [0.29, 0.717) is 15.8 Å². The summed E-state index contributed by atoms with van der Waals surface area (Å²) in [6.07, 6.45) is 1.56. The second kappa shape index (κ2) is 5.52. The number of hydrogen-bond donors (Lipinski definition) is 1. The zero-order valence-electron chi connectivity index (χ0n) is 10.5. The average molecular weight is 326 g/mol. The van der Waals surface area contributed by atoms with Crippen LogP contribution in [0.4, 0.5) is 10.1 Å². The molecule has 1 N–H and O–H groups in total. The first-order valence-corrected chi connectivity index (χ1v) is 6.58. The van der Waals surface area contributed by atoms with Crippen LogP contribution in [0.2, 0.25) is 0 Å². The van der Waals surface area contributed by atoms with Gasteiger partial charge < -0.3 is 5.32 Å². The van der Waals surface area contributed by atoms with E-state index in [1.807, 2.05) is 13.8 Å². The number of hydrogen-bond acceptors (Lipinski definition) is 3. The molecule has 100 valence electrons. The van der Waals surface area contributed by atoms with Crippen LogP contribution in [0.1, 0.15) is 13.8 Å². The molecule has 0 saturated heterocycles. The first kappa shape index (κ1) is 13.7. The monoisotopic (exact) mass is 325 g/mol. The van der Waals surface area contributed by atoms with Crippen LogP contribution in [0.5, 0.6) is 0 Å². The van der Waals surface area contributed by atoms with E-state index in [1.165, 1.54) is 28.9 Å². The third-order valence-corrected chi connectivity index (χ3v) is 3.20. The van der Waals surface area contributed by atoms with E-state index < -0.39 is 0 Å². The Kier molecular flexibility index (Phi) is 3.99. The van der Waals surface area contributed by atoms with Gasteiger partial charge in [0, 0.05) is 6.04 Å². The largest absolute Gasteiger partial charge is 0.380 e. The Labute approximate surface area is 118 Å². The molecule has 1 heterocycles. The molecule has 0 aliphatic heterocycles. The number of halogens is 2. The average Bonchev–Trinajstić information content (AvgIpc) is 2.36. The number of nitrogens with zero attached hydrogens (tertiary/aromatic N) is 2. The predicted octanol–water partition coefficient (Wildman–Crippen LogP) is 2.95. The van der Waals surface area contributed by atoms with Crippen LogP contribution in [-0.4, -0.2) is 15.8 Å². The highest BCUT2D eigenvalue weighted by atomic mass is 79.9. The molecule has 1 aromatic carbocycles. The fraction of sp³-hybridized carbons (Fsp3) is 0.231. The van der Waals surface area contributed by atoms with Crippen molar-refractivity contribution in [3.8, 4) is 5.69 Å². The summed E-state index contributed by atoms with van der Waals surface area (Å²) in [5.74, 6) is -0.353. The molecular formula is C13H13BrFN3O. The highest BCUT2D eigenvalue weighted by Crippen LogP contribution is 2.18. The fourth-order valence-electron chi connectivity index (χ4n) is 1.61. The van der Waals surface area contributed by atoms with Crippen molar-refractivity contribution < 1.29 is 4.39 Å². The molecule has 1 aromatic heterocycles. The van der Waals surface area contributed by atoms with Gasteiger partial charge >= 0.3 is 0 Å². The van der Waals surface area contributed by atoms with Crippen molar-refractivity contribution in [3.05, 3.63) is 51.1 Å². The summed E-state index contributed by atoms with van der Waals surface area (Å²) in [6.45, 7) is 3.94. The van der Waals surface area contributed by atoms with Crippen LogP contribution < -0.4 is 10.9 Å². The highest BCUT2D eigenvalue weighted by Gasteiger charge is 2.10. The quantitative estimate of drug-likeness (QED) is 0.943. The molecule has 19 heavy (non-hydrogen) atoms. The molecule has 0 aliphatic rings. The van der Waals surface area contributed by atoms with Crippen LogP contribution in [0.25, 0.3) is 5.69 Å². The second-order valence-electron chi connectivity index (χ2n) is 4.36. The molecule has 0 atom stereocenters. The summed E-state index contributed by atoms with van der Waals surface area (Å²) in [6, 6.07) is 5.78. The van der Waals surface area contributed by atoms with E-state index >= 15 is 0 Å². The van der Waals surface area contributed by atoms with E-state index in [0.717, 1.165) is 0 Å². The van der Waals surface area contributed by atoms with Crippen LogP contribution in [0.15, 0.2) is 39.7 Å². The van der Waals surface area contributed by atoms with Crippen molar-refractivity contribution in [3.63, 3.8) is 0 Å². The lowest BCUT2D eigenvalue weighted by Crippen LogP contribution is -2.24. The lowest BCUT2D eigenvalue weighted by atomic mass is 10.3. The zero-order valence-corrected chi connectivity index (χ0v) is 12.1. The van der Waals surface area contributed by atoms with E-state index in [4.69, 9.17) is 0 Å². The molecule has 0 spiro atoms. The van der Waals surface area contributed by atoms with E-state index in [9.17, 15) is 9.18 Å². The van der Waals surface area contributed by atoms with Gasteiger partial charge in [-0.15, -0.1) is 0 Å². The van der Waals surface area contributed by atoms with Crippen LogP contribution in [0.3, 0.4) is 0 Å². The van der Waals surface area contributed by atoms with Crippen LogP contribution in [-0.2, 0) is 0 Å². The summed E-state index contributed by atoms with van der Waals surface area (Å²) in [4.78, 5) is 12.2. The lowest BCUT2D eigenvalue weighted by Gasteiger charge is -2.12. The molecule has 2 aromatic rings. The molecule has 0 saturated carbocycles. The number of rotatable bonds is 3. The smallest absolute Gasteiger partial charge is 0.287 e.